The van der Waals surface area contributed by atoms with E-state index in [2.05, 4.69) is 10.6 Å². The van der Waals surface area contributed by atoms with Gasteiger partial charge in [-0.3, -0.25) is 9.59 Å². The molecule has 1 aliphatic rings. The fraction of sp³-hybridized carbons (Fsp3) is 0.211. The predicted octanol–water partition coefficient (Wildman–Crippen LogP) is 2.74. The molecule has 0 spiro atoms. The van der Waals surface area contributed by atoms with Gasteiger partial charge in [0.2, 0.25) is 11.8 Å². The van der Waals surface area contributed by atoms with Gasteiger partial charge in [-0.1, -0.05) is 0 Å². The largest absolute Gasteiger partial charge is 0.376 e. The Labute approximate surface area is 146 Å². The Kier molecular flexibility index (Phi) is 4.95. The summed E-state index contributed by atoms with van der Waals surface area (Å²) in [7, 11) is 0. The van der Waals surface area contributed by atoms with E-state index in [9.17, 15) is 9.59 Å². The maximum Gasteiger partial charge on any atom is 0.243 e. The summed E-state index contributed by atoms with van der Waals surface area (Å²) in [6, 6.07) is 16.2. The van der Waals surface area contributed by atoms with E-state index in [0.717, 1.165) is 24.3 Å². The summed E-state index contributed by atoms with van der Waals surface area (Å²) in [6.07, 6.45) is 1.48. The quantitative estimate of drug-likeness (QED) is 0.880. The lowest BCUT2D eigenvalue weighted by molar-refractivity contribution is -0.117. The average molecular weight is 334 g/mol. The Hall–Kier alpha value is -3.33. The van der Waals surface area contributed by atoms with Gasteiger partial charge in [-0.05, 0) is 55.0 Å². The van der Waals surface area contributed by atoms with E-state index in [0.29, 0.717) is 17.7 Å². The van der Waals surface area contributed by atoms with Crippen molar-refractivity contribution in [2.24, 2.45) is 0 Å². The van der Waals surface area contributed by atoms with Crippen LogP contribution < -0.4 is 15.5 Å². The molecule has 0 unspecified atom stereocenters. The zero-order valence-corrected chi connectivity index (χ0v) is 13.7. The maximum atomic E-state index is 12.0. The first kappa shape index (κ1) is 16.5. The molecule has 0 aliphatic carbocycles. The smallest absolute Gasteiger partial charge is 0.243 e. The molecule has 126 valence electrons. The number of rotatable bonds is 5. The number of nitrogens with zero attached hydrogens (tertiary/aromatic N) is 2. The molecule has 0 bridgehead atoms. The monoisotopic (exact) mass is 334 g/mol. The van der Waals surface area contributed by atoms with Crippen molar-refractivity contribution in [3.8, 4) is 6.07 Å². The van der Waals surface area contributed by atoms with Gasteiger partial charge < -0.3 is 15.5 Å². The third-order valence-corrected chi connectivity index (χ3v) is 4.00. The summed E-state index contributed by atoms with van der Waals surface area (Å²) in [6.45, 7) is 0.872. The van der Waals surface area contributed by atoms with E-state index in [-0.39, 0.29) is 18.4 Å². The predicted molar refractivity (Wildman–Crippen MR) is 96.3 cm³/mol. The first-order chi connectivity index (χ1) is 12.2. The molecule has 6 nitrogen and oxygen atoms in total. The van der Waals surface area contributed by atoms with Crippen LogP contribution in [0.1, 0.15) is 18.4 Å². The van der Waals surface area contributed by atoms with Gasteiger partial charge in [0.25, 0.3) is 0 Å². The fourth-order valence-corrected chi connectivity index (χ4v) is 2.70. The molecule has 1 heterocycles. The molecule has 2 amide bonds. The van der Waals surface area contributed by atoms with E-state index in [1.54, 1.807) is 41.3 Å². The Morgan fingerprint density at radius 2 is 1.76 bits per heavy atom. The second-order valence-electron chi connectivity index (χ2n) is 5.79. The van der Waals surface area contributed by atoms with Crippen LogP contribution in [0.5, 0.6) is 0 Å². The summed E-state index contributed by atoms with van der Waals surface area (Å²) in [5, 5.41) is 14.6. The van der Waals surface area contributed by atoms with Gasteiger partial charge in [0.15, 0.2) is 0 Å². The van der Waals surface area contributed by atoms with Crippen LogP contribution in [0, 0.1) is 11.3 Å². The summed E-state index contributed by atoms with van der Waals surface area (Å²) in [4.78, 5) is 25.5. The molecule has 0 radical (unpaired) electrons. The van der Waals surface area contributed by atoms with Crippen molar-refractivity contribution < 1.29 is 9.59 Å². The lowest BCUT2D eigenvalue weighted by atomic mass is 10.2. The Morgan fingerprint density at radius 1 is 1.08 bits per heavy atom. The van der Waals surface area contributed by atoms with Crippen molar-refractivity contribution in [2.75, 3.05) is 28.6 Å². The molecule has 1 fully saturated rings. The molecule has 2 aromatic carbocycles. The lowest BCUT2D eigenvalue weighted by Gasteiger charge is -2.16. The van der Waals surface area contributed by atoms with Gasteiger partial charge in [-0.2, -0.15) is 5.26 Å². The topological polar surface area (TPSA) is 85.2 Å². The molecule has 3 rings (SSSR count). The van der Waals surface area contributed by atoms with Crippen LogP contribution >= 0.6 is 0 Å². The summed E-state index contributed by atoms with van der Waals surface area (Å²) >= 11 is 0. The fourth-order valence-electron chi connectivity index (χ4n) is 2.70. The zero-order chi connectivity index (χ0) is 17.6. The number of hydrogen-bond acceptors (Lipinski definition) is 4. The van der Waals surface area contributed by atoms with Gasteiger partial charge >= 0.3 is 0 Å². The van der Waals surface area contributed by atoms with Gasteiger partial charge in [0, 0.05) is 30.0 Å². The molecule has 25 heavy (non-hydrogen) atoms. The number of hydrogen-bond donors (Lipinski definition) is 2. The third-order valence-electron chi connectivity index (χ3n) is 4.00. The number of carbonyl (C=O) groups is 2. The van der Waals surface area contributed by atoms with E-state index in [1.165, 1.54) is 0 Å². The number of carbonyl (C=O) groups excluding carboxylic acids is 2. The number of amides is 2. The van der Waals surface area contributed by atoms with E-state index >= 15 is 0 Å². The first-order valence-corrected chi connectivity index (χ1v) is 8.10. The van der Waals surface area contributed by atoms with Crippen LogP contribution in [0.15, 0.2) is 48.5 Å². The van der Waals surface area contributed by atoms with Crippen LogP contribution in [0.25, 0.3) is 0 Å². The van der Waals surface area contributed by atoms with Crippen LogP contribution in [-0.2, 0) is 9.59 Å². The van der Waals surface area contributed by atoms with E-state index < -0.39 is 0 Å². The van der Waals surface area contributed by atoms with Crippen LogP contribution in [0.4, 0.5) is 17.1 Å². The molecule has 2 aromatic rings. The van der Waals surface area contributed by atoms with Crippen molar-refractivity contribution in [2.45, 2.75) is 12.8 Å². The minimum Gasteiger partial charge on any atom is -0.376 e. The third kappa shape index (κ3) is 4.15. The molecule has 0 saturated carbocycles. The van der Waals surface area contributed by atoms with Crippen molar-refractivity contribution in [1.29, 1.82) is 5.26 Å². The highest BCUT2D eigenvalue weighted by molar-refractivity contribution is 5.96. The minimum absolute atomic E-state index is 0.123. The highest BCUT2D eigenvalue weighted by Gasteiger charge is 2.21. The molecule has 0 atom stereocenters. The van der Waals surface area contributed by atoms with Crippen LogP contribution in [-0.4, -0.2) is 24.9 Å². The molecule has 2 N–H and O–H groups in total. The SMILES string of the molecule is N#Cc1ccc(NCC(=O)Nc2ccc(N3CCCC3=O)cc2)cc1. The number of benzene rings is 2. The summed E-state index contributed by atoms with van der Waals surface area (Å²) < 4.78 is 0. The minimum atomic E-state index is -0.172. The summed E-state index contributed by atoms with van der Waals surface area (Å²) in [5.41, 5.74) is 2.89. The molecule has 6 heteroatoms. The van der Waals surface area contributed by atoms with Crippen molar-refractivity contribution in [1.82, 2.24) is 0 Å². The number of anilines is 3. The molecular weight excluding hydrogens is 316 g/mol. The Balaban J connectivity index is 1.52. The van der Waals surface area contributed by atoms with Gasteiger partial charge in [-0.15, -0.1) is 0 Å². The van der Waals surface area contributed by atoms with Crippen molar-refractivity contribution in [3.05, 3.63) is 54.1 Å². The molecule has 0 aromatic heterocycles. The highest BCUT2D eigenvalue weighted by Crippen LogP contribution is 2.23. The highest BCUT2D eigenvalue weighted by atomic mass is 16.2. The summed E-state index contributed by atoms with van der Waals surface area (Å²) in [5.74, 6) is -0.0299. The Morgan fingerprint density at radius 3 is 2.36 bits per heavy atom. The van der Waals surface area contributed by atoms with Gasteiger partial charge in [0.1, 0.15) is 0 Å². The van der Waals surface area contributed by atoms with E-state index in [4.69, 9.17) is 5.26 Å². The van der Waals surface area contributed by atoms with Crippen molar-refractivity contribution in [3.63, 3.8) is 0 Å². The molecule has 1 aliphatic heterocycles. The van der Waals surface area contributed by atoms with Crippen LogP contribution in [0.3, 0.4) is 0 Å². The second-order valence-corrected chi connectivity index (χ2v) is 5.79. The number of nitrogens with one attached hydrogen (secondary N) is 2. The van der Waals surface area contributed by atoms with E-state index in [1.807, 2.05) is 18.2 Å². The molecular formula is C19H18N4O2. The van der Waals surface area contributed by atoms with Gasteiger partial charge in [0.05, 0.1) is 18.2 Å². The maximum absolute atomic E-state index is 12.0. The lowest BCUT2D eigenvalue weighted by Crippen LogP contribution is -2.24. The number of nitriles is 1. The standard InChI is InChI=1S/C19H18N4O2/c20-12-14-3-5-15(6-4-14)21-13-18(24)22-16-7-9-17(10-8-16)23-11-1-2-19(23)25/h3-10,21H,1-2,11,13H2,(H,22,24). The normalized spacial score (nSPS) is 13.4. The Bertz CT molecular complexity index is 807. The van der Waals surface area contributed by atoms with Gasteiger partial charge in [-0.25, -0.2) is 0 Å². The second kappa shape index (κ2) is 7.49. The first-order valence-electron chi connectivity index (χ1n) is 8.10. The zero-order valence-electron chi connectivity index (χ0n) is 13.7. The van der Waals surface area contributed by atoms with Crippen LogP contribution in [0.2, 0.25) is 0 Å². The van der Waals surface area contributed by atoms with Crippen molar-refractivity contribution >= 4 is 28.9 Å². The average Bonchev–Trinajstić information content (AvgIpc) is 3.07. The molecule has 1 saturated heterocycles.